The SMILES string of the molecule is Cc1ccc(NC(=O)Nc2ccc(Cl)c(C(F)(F)F)c2)cc1-c1ccc2c(C(=O)NC3CC3)n[nH]c2c1. The number of aryl methyl sites for hydroxylation is 1. The Hall–Kier alpha value is -4.05. The fourth-order valence-corrected chi connectivity index (χ4v) is 4.19. The van der Waals surface area contributed by atoms with Gasteiger partial charge in [-0.15, -0.1) is 0 Å². The lowest BCUT2D eigenvalue weighted by atomic mass is 9.98. The van der Waals surface area contributed by atoms with Crippen LogP contribution in [0, 0.1) is 6.92 Å². The van der Waals surface area contributed by atoms with E-state index >= 15 is 0 Å². The van der Waals surface area contributed by atoms with Gasteiger partial charge < -0.3 is 16.0 Å². The number of alkyl halides is 3. The van der Waals surface area contributed by atoms with E-state index in [2.05, 4.69) is 26.1 Å². The number of aromatic nitrogens is 2. The molecule has 1 saturated carbocycles. The van der Waals surface area contributed by atoms with Gasteiger partial charge in [0.05, 0.1) is 16.1 Å². The topological polar surface area (TPSA) is 98.9 Å². The minimum absolute atomic E-state index is 0.0483. The summed E-state index contributed by atoms with van der Waals surface area (Å²) in [7, 11) is 0. The first-order chi connectivity index (χ1) is 17.6. The number of aromatic amines is 1. The van der Waals surface area contributed by atoms with Gasteiger partial charge in [0.2, 0.25) is 0 Å². The lowest BCUT2D eigenvalue weighted by molar-refractivity contribution is -0.137. The van der Waals surface area contributed by atoms with Crippen LogP contribution in [0.15, 0.2) is 54.6 Å². The van der Waals surface area contributed by atoms with Gasteiger partial charge in [0.1, 0.15) is 0 Å². The summed E-state index contributed by atoms with van der Waals surface area (Å²) in [5.74, 6) is -0.210. The summed E-state index contributed by atoms with van der Waals surface area (Å²) in [6.45, 7) is 1.91. The highest BCUT2D eigenvalue weighted by Gasteiger charge is 2.33. The van der Waals surface area contributed by atoms with Crippen LogP contribution in [0.5, 0.6) is 0 Å². The number of benzene rings is 3. The molecule has 5 rings (SSSR count). The minimum Gasteiger partial charge on any atom is -0.348 e. The van der Waals surface area contributed by atoms with Gasteiger partial charge in [-0.05, 0) is 78.9 Å². The summed E-state index contributed by atoms with van der Waals surface area (Å²) in [5, 5.41) is 15.3. The van der Waals surface area contributed by atoms with E-state index < -0.39 is 22.8 Å². The van der Waals surface area contributed by atoms with Gasteiger partial charge in [-0.3, -0.25) is 9.89 Å². The van der Waals surface area contributed by atoms with E-state index in [0.29, 0.717) is 22.3 Å². The number of rotatable bonds is 5. The fraction of sp³-hybridized carbons (Fsp3) is 0.192. The van der Waals surface area contributed by atoms with Crippen molar-refractivity contribution in [2.24, 2.45) is 0 Å². The molecule has 37 heavy (non-hydrogen) atoms. The Morgan fingerprint density at radius 2 is 1.70 bits per heavy atom. The van der Waals surface area contributed by atoms with Gasteiger partial charge in [0, 0.05) is 22.8 Å². The molecule has 0 unspecified atom stereocenters. The number of carbonyl (C=O) groups excluding carboxylic acids is 2. The van der Waals surface area contributed by atoms with Crippen molar-refractivity contribution < 1.29 is 22.8 Å². The van der Waals surface area contributed by atoms with Crippen LogP contribution in [-0.2, 0) is 6.18 Å². The number of urea groups is 1. The van der Waals surface area contributed by atoms with E-state index in [1.165, 1.54) is 6.07 Å². The van der Waals surface area contributed by atoms with Crippen LogP contribution in [-0.4, -0.2) is 28.2 Å². The molecule has 4 N–H and O–H groups in total. The van der Waals surface area contributed by atoms with Crippen molar-refractivity contribution >= 4 is 45.8 Å². The number of anilines is 2. The predicted molar refractivity (Wildman–Crippen MR) is 136 cm³/mol. The van der Waals surface area contributed by atoms with Crippen molar-refractivity contribution in [3.63, 3.8) is 0 Å². The molecule has 1 heterocycles. The molecule has 0 atom stereocenters. The lowest BCUT2D eigenvalue weighted by Gasteiger charge is -2.13. The first kappa shape index (κ1) is 24.6. The molecule has 1 aliphatic rings. The van der Waals surface area contributed by atoms with Gasteiger partial charge in [-0.1, -0.05) is 23.7 Å². The van der Waals surface area contributed by atoms with E-state index in [1.807, 2.05) is 31.2 Å². The second kappa shape index (κ2) is 9.44. The van der Waals surface area contributed by atoms with Crippen molar-refractivity contribution in [2.45, 2.75) is 32.0 Å². The highest BCUT2D eigenvalue weighted by Crippen LogP contribution is 2.36. The maximum atomic E-state index is 13.1. The van der Waals surface area contributed by atoms with Gasteiger partial charge in [-0.2, -0.15) is 18.3 Å². The first-order valence-electron chi connectivity index (χ1n) is 11.4. The fourth-order valence-electron chi connectivity index (χ4n) is 3.97. The van der Waals surface area contributed by atoms with Gasteiger partial charge >= 0.3 is 12.2 Å². The zero-order valence-electron chi connectivity index (χ0n) is 19.5. The largest absolute Gasteiger partial charge is 0.417 e. The first-order valence-corrected chi connectivity index (χ1v) is 11.8. The zero-order chi connectivity index (χ0) is 26.3. The maximum absolute atomic E-state index is 13.1. The Labute approximate surface area is 214 Å². The lowest BCUT2D eigenvalue weighted by Crippen LogP contribution is -2.25. The number of hydrogen-bond donors (Lipinski definition) is 4. The van der Waals surface area contributed by atoms with Crippen LogP contribution in [0.2, 0.25) is 5.02 Å². The number of hydrogen-bond acceptors (Lipinski definition) is 3. The zero-order valence-corrected chi connectivity index (χ0v) is 20.2. The van der Waals surface area contributed by atoms with E-state index in [1.54, 1.807) is 12.1 Å². The monoisotopic (exact) mass is 527 g/mol. The van der Waals surface area contributed by atoms with Crippen LogP contribution in [0.4, 0.5) is 29.3 Å². The van der Waals surface area contributed by atoms with E-state index in [0.717, 1.165) is 41.7 Å². The van der Waals surface area contributed by atoms with E-state index in [4.69, 9.17) is 11.6 Å². The number of fused-ring (bicyclic) bond motifs is 1. The van der Waals surface area contributed by atoms with Crippen LogP contribution in [0.1, 0.15) is 34.5 Å². The molecule has 0 saturated heterocycles. The molecule has 0 radical (unpaired) electrons. The smallest absolute Gasteiger partial charge is 0.348 e. The molecule has 1 aliphatic carbocycles. The average molecular weight is 528 g/mol. The standard InChI is InChI=1S/C26H21ClF3N5O2/c1-13-2-4-16(32-25(37)33-17-7-9-21(27)20(12-17)26(28,29)30)11-19(13)14-3-8-18-22(10-14)34-35-23(18)24(36)31-15-5-6-15/h2-4,7-12,15H,5-6H2,1H3,(H,31,36)(H,34,35)(H2,32,33,37). The minimum atomic E-state index is -4.64. The third kappa shape index (κ3) is 5.39. The van der Waals surface area contributed by atoms with Crippen LogP contribution in [0.25, 0.3) is 22.0 Å². The Balaban J connectivity index is 1.34. The van der Waals surface area contributed by atoms with Crippen molar-refractivity contribution in [3.8, 4) is 11.1 Å². The number of carbonyl (C=O) groups is 2. The highest BCUT2D eigenvalue weighted by atomic mass is 35.5. The molecule has 0 aliphatic heterocycles. The molecule has 4 aromatic rings. The van der Waals surface area contributed by atoms with Crippen molar-refractivity contribution in [2.75, 3.05) is 10.6 Å². The van der Waals surface area contributed by atoms with Gasteiger partial charge in [-0.25, -0.2) is 4.79 Å². The predicted octanol–water partition coefficient (Wildman–Crippen LogP) is 6.75. The molecule has 1 aromatic heterocycles. The summed E-state index contributed by atoms with van der Waals surface area (Å²) >= 11 is 5.64. The number of amides is 3. The summed E-state index contributed by atoms with van der Waals surface area (Å²) in [6, 6.07) is 13.5. The molecule has 1 fully saturated rings. The van der Waals surface area contributed by atoms with Crippen molar-refractivity contribution in [1.29, 1.82) is 0 Å². The number of H-pyrrole nitrogens is 1. The second-order valence-electron chi connectivity index (χ2n) is 8.88. The molecule has 190 valence electrons. The van der Waals surface area contributed by atoms with Crippen LogP contribution >= 0.6 is 11.6 Å². The number of nitrogens with one attached hydrogen (secondary N) is 4. The van der Waals surface area contributed by atoms with Crippen LogP contribution in [0.3, 0.4) is 0 Å². The number of halogens is 4. The third-order valence-electron chi connectivity index (χ3n) is 6.03. The van der Waals surface area contributed by atoms with Crippen molar-refractivity contribution in [1.82, 2.24) is 15.5 Å². The molecular weight excluding hydrogens is 507 g/mol. The van der Waals surface area contributed by atoms with E-state index in [-0.39, 0.29) is 17.6 Å². The second-order valence-corrected chi connectivity index (χ2v) is 9.29. The molecule has 0 bridgehead atoms. The summed E-state index contributed by atoms with van der Waals surface area (Å²) in [4.78, 5) is 24.9. The molecule has 3 aromatic carbocycles. The van der Waals surface area contributed by atoms with Gasteiger partial charge in [0.25, 0.3) is 5.91 Å². The van der Waals surface area contributed by atoms with Crippen molar-refractivity contribution in [3.05, 3.63) is 76.4 Å². The molecule has 11 heteroatoms. The maximum Gasteiger partial charge on any atom is 0.417 e. The normalized spacial score (nSPS) is 13.4. The average Bonchev–Trinajstić information content (AvgIpc) is 3.55. The number of nitrogens with zero attached hydrogens (tertiary/aromatic N) is 1. The quantitative estimate of drug-likeness (QED) is 0.231. The molecule has 7 nitrogen and oxygen atoms in total. The highest BCUT2D eigenvalue weighted by molar-refractivity contribution is 6.31. The summed E-state index contributed by atoms with van der Waals surface area (Å²) < 4.78 is 39.3. The Bertz CT molecular complexity index is 1530. The summed E-state index contributed by atoms with van der Waals surface area (Å²) in [5.41, 5.74) is 2.98. The Morgan fingerprint density at radius 1 is 1.00 bits per heavy atom. The van der Waals surface area contributed by atoms with E-state index in [9.17, 15) is 22.8 Å². The van der Waals surface area contributed by atoms with Gasteiger partial charge in [0.15, 0.2) is 5.69 Å². The molecule has 0 spiro atoms. The Kier molecular flexibility index (Phi) is 6.28. The Morgan fingerprint density at radius 3 is 2.41 bits per heavy atom. The van der Waals surface area contributed by atoms with Crippen LogP contribution < -0.4 is 16.0 Å². The molecular formula is C26H21ClF3N5O2. The third-order valence-corrected chi connectivity index (χ3v) is 6.36. The molecule has 3 amide bonds. The summed E-state index contributed by atoms with van der Waals surface area (Å²) in [6.07, 6.45) is -2.68.